The fourth-order valence-corrected chi connectivity index (χ4v) is 3.88. The average molecular weight is 448 g/mol. The number of hydrogen-bond donors (Lipinski definition) is 2. The van der Waals surface area contributed by atoms with E-state index in [2.05, 4.69) is 10.6 Å². The van der Waals surface area contributed by atoms with Crippen molar-refractivity contribution in [3.8, 4) is 0 Å². The van der Waals surface area contributed by atoms with Gasteiger partial charge in [0.2, 0.25) is 5.91 Å². The van der Waals surface area contributed by atoms with Crippen LogP contribution in [0, 0.1) is 0 Å². The molecule has 1 aliphatic rings. The first-order valence-electron chi connectivity index (χ1n) is 10.3. The van der Waals surface area contributed by atoms with Crippen LogP contribution in [0.3, 0.4) is 0 Å². The van der Waals surface area contributed by atoms with Gasteiger partial charge in [-0.15, -0.1) is 0 Å². The van der Waals surface area contributed by atoms with Crippen LogP contribution < -0.4 is 10.6 Å². The van der Waals surface area contributed by atoms with Crippen LogP contribution in [0.2, 0.25) is 5.02 Å². The van der Waals surface area contributed by atoms with E-state index in [1.165, 1.54) is 0 Å². The summed E-state index contributed by atoms with van der Waals surface area (Å²) < 4.78 is 0. The summed E-state index contributed by atoms with van der Waals surface area (Å²) in [4.78, 5) is 38.3. The number of halogens is 1. The minimum atomic E-state index is -0.371. The zero-order chi connectivity index (χ0) is 22.7. The van der Waals surface area contributed by atoms with Gasteiger partial charge in [-0.25, -0.2) is 0 Å². The molecule has 0 spiro atoms. The van der Waals surface area contributed by atoms with Crippen molar-refractivity contribution in [2.24, 2.45) is 0 Å². The highest BCUT2D eigenvalue weighted by Gasteiger charge is 2.34. The van der Waals surface area contributed by atoms with Crippen LogP contribution in [-0.4, -0.2) is 29.2 Å². The van der Waals surface area contributed by atoms with Crippen LogP contribution in [0.4, 0.5) is 11.4 Å². The molecule has 1 heterocycles. The molecule has 1 aliphatic heterocycles. The lowest BCUT2D eigenvalue weighted by atomic mass is 10.1. The minimum absolute atomic E-state index is 0.00582. The number of nitrogens with zero attached hydrogens (tertiary/aromatic N) is 1. The molecule has 7 heteroatoms. The van der Waals surface area contributed by atoms with E-state index in [1.807, 2.05) is 43.3 Å². The van der Waals surface area contributed by atoms with Gasteiger partial charge in [0.1, 0.15) is 0 Å². The molecule has 162 valence electrons. The second-order valence-corrected chi connectivity index (χ2v) is 7.98. The molecule has 32 heavy (non-hydrogen) atoms. The van der Waals surface area contributed by atoms with Crippen molar-refractivity contribution >= 4 is 40.7 Å². The van der Waals surface area contributed by atoms with E-state index in [0.29, 0.717) is 21.8 Å². The van der Waals surface area contributed by atoms with Gasteiger partial charge in [-0.3, -0.25) is 19.3 Å². The van der Waals surface area contributed by atoms with Gasteiger partial charge in [0.25, 0.3) is 11.8 Å². The highest BCUT2D eigenvalue weighted by molar-refractivity contribution is 6.33. The zero-order valence-corrected chi connectivity index (χ0v) is 18.2. The summed E-state index contributed by atoms with van der Waals surface area (Å²) in [6, 6.07) is 22.0. The Kier molecular flexibility index (Phi) is 6.23. The van der Waals surface area contributed by atoms with Gasteiger partial charge in [0, 0.05) is 24.7 Å². The predicted octanol–water partition coefficient (Wildman–Crippen LogP) is 5.14. The maximum atomic E-state index is 12.4. The third kappa shape index (κ3) is 4.50. The van der Waals surface area contributed by atoms with E-state index >= 15 is 0 Å². The molecule has 0 radical (unpaired) electrons. The van der Waals surface area contributed by atoms with Gasteiger partial charge in [-0.1, -0.05) is 54.1 Å². The van der Waals surface area contributed by atoms with E-state index in [-0.39, 0.29) is 36.7 Å². The van der Waals surface area contributed by atoms with Crippen molar-refractivity contribution in [2.75, 3.05) is 17.2 Å². The Morgan fingerprint density at radius 2 is 1.56 bits per heavy atom. The lowest BCUT2D eigenvalue weighted by Crippen LogP contribution is -2.32. The van der Waals surface area contributed by atoms with Crippen molar-refractivity contribution < 1.29 is 14.4 Å². The number of rotatable bonds is 7. The van der Waals surface area contributed by atoms with E-state index < -0.39 is 0 Å². The predicted molar refractivity (Wildman–Crippen MR) is 125 cm³/mol. The summed E-state index contributed by atoms with van der Waals surface area (Å²) >= 11 is 6.40. The normalized spacial score (nSPS) is 13.6. The average Bonchev–Trinajstić information content (AvgIpc) is 3.04. The Balaban J connectivity index is 1.33. The number of nitrogens with one attached hydrogen (secondary N) is 2. The molecular weight excluding hydrogens is 426 g/mol. The van der Waals surface area contributed by atoms with Crippen LogP contribution in [0.1, 0.15) is 45.7 Å². The highest BCUT2D eigenvalue weighted by Crippen LogP contribution is 2.29. The van der Waals surface area contributed by atoms with E-state index in [0.717, 1.165) is 16.2 Å². The van der Waals surface area contributed by atoms with Crippen molar-refractivity contribution in [2.45, 2.75) is 19.4 Å². The van der Waals surface area contributed by atoms with E-state index in [4.69, 9.17) is 11.6 Å². The largest absolute Gasteiger partial charge is 0.377 e. The monoisotopic (exact) mass is 447 g/mol. The maximum absolute atomic E-state index is 12.4. The van der Waals surface area contributed by atoms with Gasteiger partial charge < -0.3 is 10.6 Å². The number of carbonyl (C=O) groups is 3. The molecule has 1 unspecified atom stereocenters. The highest BCUT2D eigenvalue weighted by atomic mass is 35.5. The maximum Gasteiger partial charge on any atom is 0.261 e. The number of imide groups is 1. The van der Waals surface area contributed by atoms with Crippen LogP contribution in [0.25, 0.3) is 0 Å². The first-order valence-corrected chi connectivity index (χ1v) is 10.7. The molecule has 2 N–H and O–H groups in total. The number of anilines is 2. The van der Waals surface area contributed by atoms with Crippen molar-refractivity contribution in [3.63, 3.8) is 0 Å². The fraction of sp³-hybridized carbons (Fsp3) is 0.160. The molecule has 1 atom stereocenters. The third-order valence-electron chi connectivity index (χ3n) is 5.37. The molecule has 0 bridgehead atoms. The summed E-state index contributed by atoms with van der Waals surface area (Å²) in [5, 5.41) is 6.61. The lowest BCUT2D eigenvalue weighted by Gasteiger charge is -2.17. The molecule has 0 saturated heterocycles. The Bertz CT molecular complexity index is 1150. The summed E-state index contributed by atoms with van der Waals surface area (Å²) in [5.74, 6) is -1.05. The number of fused-ring (bicyclic) bond motifs is 1. The molecule has 0 aromatic heterocycles. The van der Waals surface area contributed by atoms with Crippen molar-refractivity contribution in [3.05, 3.63) is 94.5 Å². The van der Waals surface area contributed by atoms with Crippen LogP contribution >= 0.6 is 11.6 Å². The summed E-state index contributed by atoms with van der Waals surface area (Å²) in [6.45, 7) is 2.06. The Morgan fingerprint density at radius 3 is 2.19 bits per heavy atom. The first-order chi connectivity index (χ1) is 15.4. The van der Waals surface area contributed by atoms with Gasteiger partial charge in [0.15, 0.2) is 0 Å². The summed E-state index contributed by atoms with van der Waals surface area (Å²) in [7, 11) is 0. The molecule has 4 rings (SSSR count). The summed E-state index contributed by atoms with van der Waals surface area (Å²) in [5.41, 5.74) is 3.18. The zero-order valence-electron chi connectivity index (χ0n) is 17.5. The Labute approximate surface area is 191 Å². The number of carbonyl (C=O) groups excluding carboxylic acids is 3. The molecule has 0 fully saturated rings. The van der Waals surface area contributed by atoms with Crippen LogP contribution in [-0.2, 0) is 4.79 Å². The quantitative estimate of drug-likeness (QED) is 0.491. The van der Waals surface area contributed by atoms with E-state index in [9.17, 15) is 14.4 Å². The minimum Gasteiger partial charge on any atom is -0.377 e. The van der Waals surface area contributed by atoms with Crippen LogP contribution in [0.15, 0.2) is 72.8 Å². The van der Waals surface area contributed by atoms with E-state index in [1.54, 1.807) is 36.4 Å². The van der Waals surface area contributed by atoms with Crippen molar-refractivity contribution in [1.29, 1.82) is 0 Å². The van der Waals surface area contributed by atoms with Gasteiger partial charge in [-0.05, 0) is 42.8 Å². The molecule has 3 amide bonds. The number of benzene rings is 3. The fourth-order valence-electron chi connectivity index (χ4n) is 3.65. The molecule has 6 nitrogen and oxygen atoms in total. The summed E-state index contributed by atoms with van der Waals surface area (Å²) in [6.07, 6.45) is -0.00582. The first kappa shape index (κ1) is 21.6. The van der Waals surface area contributed by atoms with Crippen LogP contribution in [0.5, 0.6) is 0 Å². The molecule has 3 aromatic rings. The standard InChI is InChI=1S/C25H22ClN3O3/c1-16(17-7-3-2-4-8-17)27-22-12-11-18(15-21(22)26)28-23(30)13-14-29-24(31)19-9-5-6-10-20(19)25(29)32/h2-12,15-16,27H,13-14H2,1H3,(H,28,30). The second kappa shape index (κ2) is 9.24. The third-order valence-corrected chi connectivity index (χ3v) is 5.68. The lowest BCUT2D eigenvalue weighted by molar-refractivity contribution is -0.116. The molecule has 3 aromatic carbocycles. The van der Waals surface area contributed by atoms with Gasteiger partial charge in [-0.2, -0.15) is 0 Å². The Hall–Kier alpha value is -3.64. The smallest absolute Gasteiger partial charge is 0.261 e. The second-order valence-electron chi connectivity index (χ2n) is 7.58. The molecule has 0 aliphatic carbocycles. The number of amides is 3. The van der Waals surface area contributed by atoms with Gasteiger partial charge >= 0.3 is 0 Å². The van der Waals surface area contributed by atoms with Crippen molar-refractivity contribution in [1.82, 2.24) is 4.90 Å². The number of hydrogen-bond acceptors (Lipinski definition) is 4. The Morgan fingerprint density at radius 1 is 0.938 bits per heavy atom. The molecule has 0 saturated carbocycles. The topological polar surface area (TPSA) is 78.5 Å². The molecular formula is C25H22ClN3O3. The van der Waals surface area contributed by atoms with Gasteiger partial charge in [0.05, 0.1) is 21.8 Å². The SMILES string of the molecule is CC(Nc1ccc(NC(=O)CCN2C(=O)c3ccccc3C2=O)cc1Cl)c1ccccc1.